The molecule has 2 amide bonds. The van der Waals surface area contributed by atoms with Gasteiger partial charge in [-0.1, -0.05) is 32.6 Å². The Hall–Kier alpha value is -2.24. The molecule has 0 bridgehead atoms. The van der Waals surface area contributed by atoms with E-state index in [0.29, 0.717) is 49.7 Å². The van der Waals surface area contributed by atoms with Crippen LogP contribution in [0.25, 0.3) is 0 Å². The van der Waals surface area contributed by atoms with Crippen LogP contribution in [0.15, 0.2) is 18.2 Å². The van der Waals surface area contributed by atoms with E-state index in [1.165, 1.54) is 19.3 Å². The molecule has 0 aliphatic carbocycles. The molecule has 150 valence electrons. The highest BCUT2D eigenvalue weighted by Crippen LogP contribution is 2.28. The third-order valence-corrected chi connectivity index (χ3v) is 5.04. The number of piperazine rings is 1. The largest absolute Gasteiger partial charge is 0.493 e. The summed E-state index contributed by atoms with van der Waals surface area (Å²) in [5.41, 5.74) is 0.573. The molecule has 0 atom stereocenters. The summed E-state index contributed by atoms with van der Waals surface area (Å²) < 4.78 is 10.5. The molecule has 27 heavy (non-hydrogen) atoms. The van der Waals surface area contributed by atoms with Gasteiger partial charge in [0.15, 0.2) is 11.5 Å². The van der Waals surface area contributed by atoms with Gasteiger partial charge in [-0.2, -0.15) is 0 Å². The Labute approximate surface area is 162 Å². The third-order valence-electron chi connectivity index (χ3n) is 5.04. The fraction of sp³-hybridized carbons (Fsp3) is 0.619. The fourth-order valence-electron chi connectivity index (χ4n) is 3.35. The molecule has 2 rings (SSSR count). The van der Waals surface area contributed by atoms with E-state index in [-0.39, 0.29) is 11.8 Å². The first-order valence-corrected chi connectivity index (χ1v) is 9.89. The number of carbonyl (C=O) groups excluding carboxylic acids is 2. The molecule has 0 N–H and O–H groups in total. The summed E-state index contributed by atoms with van der Waals surface area (Å²) >= 11 is 0. The van der Waals surface area contributed by atoms with E-state index in [0.717, 1.165) is 12.8 Å². The van der Waals surface area contributed by atoms with Crippen LogP contribution in [0.3, 0.4) is 0 Å². The zero-order valence-electron chi connectivity index (χ0n) is 16.8. The lowest BCUT2D eigenvalue weighted by molar-refractivity contribution is -0.132. The van der Waals surface area contributed by atoms with Gasteiger partial charge in [-0.15, -0.1) is 0 Å². The van der Waals surface area contributed by atoms with Gasteiger partial charge in [0.2, 0.25) is 5.91 Å². The minimum Gasteiger partial charge on any atom is -0.493 e. The van der Waals surface area contributed by atoms with Crippen molar-refractivity contribution in [2.45, 2.75) is 45.4 Å². The van der Waals surface area contributed by atoms with Crippen LogP contribution < -0.4 is 9.47 Å². The van der Waals surface area contributed by atoms with Crippen molar-refractivity contribution in [3.8, 4) is 11.5 Å². The number of nitrogens with zero attached hydrogens (tertiary/aromatic N) is 2. The summed E-state index contributed by atoms with van der Waals surface area (Å²) in [4.78, 5) is 28.8. The number of hydrogen-bond donors (Lipinski definition) is 0. The van der Waals surface area contributed by atoms with Crippen molar-refractivity contribution in [2.75, 3.05) is 40.4 Å². The molecule has 1 fully saturated rings. The maximum Gasteiger partial charge on any atom is 0.254 e. The summed E-state index contributed by atoms with van der Waals surface area (Å²) in [7, 11) is 3.12. The lowest BCUT2D eigenvalue weighted by Crippen LogP contribution is -2.50. The van der Waals surface area contributed by atoms with E-state index in [2.05, 4.69) is 6.92 Å². The number of hydrogen-bond acceptors (Lipinski definition) is 4. The molecule has 6 nitrogen and oxygen atoms in total. The molecule has 1 aliphatic heterocycles. The van der Waals surface area contributed by atoms with E-state index in [9.17, 15) is 9.59 Å². The minimum atomic E-state index is -0.0392. The molecule has 0 saturated carbocycles. The molecule has 0 aromatic heterocycles. The average Bonchev–Trinajstić information content (AvgIpc) is 2.72. The van der Waals surface area contributed by atoms with Crippen molar-refractivity contribution in [2.24, 2.45) is 0 Å². The SMILES string of the molecule is CCCCCCCC(=O)N1CCN(C(=O)c2ccc(OC)c(OC)c2)CC1. The number of amides is 2. The Morgan fingerprint density at radius 1 is 0.889 bits per heavy atom. The van der Waals surface area contributed by atoms with Crippen LogP contribution in [0.1, 0.15) is 55.8 Å². The number of benzene rings is 1. The van der Waals surface area contributed by atoms with E-state index < -0.39 is 0 Å². The van der Waals surface area contributed by atoms with Crippen molar-refractivity contribution in [3.05, 3.63) is 23.8 Å². The van der Waals surface area contributed by atoms with Gasteiger partial charge in [0, 0.05) is 38.2 Å². The highest BCUT2D eigenvalue weighted by atomic mass is 16.5. The predicted molar refractivity (Wildman–Crippen MR) is 105 cm³/mol. The Bertz CT molecular complexity index is 625. The zero-order valence-corrected chi connectivity index (χ0v) is 16.8. The minimum absolute atomic E-state index is 0.0392. The number of rotatable bonds is 9. The first kappa shape index (κ1) is 21.1. The Balaban J connectivity index is 1.82. The molecule has 0 unspecified atom stereocenters. The van der Waals surface area contributed by atoms with Crippen molar-refractivity contribution >= 4 is 11.8 Å². The number of methoxy groups -OCH3 is 2. The average molecular weight is 376 g/mol. The van der Waals surface area contributed by atoms with Crippen molar-refractivity contribution in [1.29, 1.82) is 0 Å². The second-order valence-corrected chi connectivity index (χ2v) is 6.91. The van der Waals surface area contributed by atoms with Crippen molar-refractivity contribution < 1.29 is 19.1 Å². The van der Waals surface area contributed by atoms with Crippen molar-refractivity contribution in [3.63, 3.8) is 0 Å². The number of ether oxygens (including phenoxy) is 2. The molecule has 1 heterocycles. The normalized spacial score (nSPS) is 14.2. The summed E-state index contributed by atoms with van der Waals surface area (Å²) in [6.45, 7) is 4.52. The molecule has 1 aromatic carbocycles. The summed E-state index contributed by atoms with van der Waals surface area (Å²) in [5, 5.41) is 0. The summed E-state index contributed by atoms with van der Waals surface area (Å²) in [6, 6.07) is 5.19. The fourth-order valence-corrected chi connectivity index (χ4v) is 3.35. The maximum atomic E-state index is 12.7. The molecular formula is C21H32N2O4. The monoisotopic (exact) mass is 376 g/mol. The van der Waals surface area contributed by atoms with Gasteiger partial charge in [-0.3, -0.25) is 9.59 Å². The standard InChI is InChI=1S/C21H32N2O4/c1-4-5-6-7-8-9-20(24)22-12-14-23(15-13-22)21(25)17-10-11-18(26-2)19(16-17)27-3/h10-11,16H,4-9,12-15H2,1-3H3. The van der Waals surface area contributed by atoms with Crippen LogP contribution in [0, 0.1) is 0 Å². The number of carbonyl (C=O) groups is 2. The van der Waals surface area contributed by atoms with E-state index in [1.807, 2.05) is 4.90 Å². The van der Waals surface area contributed by atoms with Crippen LogP contribution in [-0.4, -0.2) is 62.0 Å². The van der Waals surface area contributed by atoms with Gasteiger partial charge in [0.1, 0.15) is 0 Å². The van der Waals surface area contributed by atoms with Crippen molar-refractivity contribution in [1.82, 2.24) is 9.80 Å². The second-order valence-electron chi connectivity index (χ2n) is 6.91. The maximum absolute atomic E-state index is 12.7. The summed E-state index contributed by atoms with van der Waals surface area (Å²) in [6.07, 6.45) is 6.36. The van der Waals surface area contributed by atoms with Crippen LogP contribution in [0.4, 0.5) is 0 Å². The molecule has 6 heteroatoms. The lowest BCUT2D eigenvalue weighted by atomic mass is 10.1. The van der Waals surface area contributed by atoms with Gasteiger partial charge >= 0.3 is 0 Å². The molecule has 0 spiro atoms. The molecule has 1 aromatic rings. The van der Waals surface area contributed by atoms with Gasteiger partial charge in [-0.05, 0) is 24.6 Å². The highest BCUT2D eigenvalue weighted by molar-refractivity contribution is 5.95. The Morgan fingerprint density at radius 2 is 1.52 bits per heavy atom. The third kappa shape index (κ3) is 5.88. The van der Waals surface area contributed by atoms with Gasteiger partial charge in [0.05, 0.1) is 14.2 Å². The topological polar surface area (TPSA) is 59.1 Å². The van der Waals surface area contributed by atoms with E-state index in [4.69, 9.17) is 9.47 Å². The smallest absolute Gasteiger partial charge is 0.254 e. The quantitative estimate of drug-likeness (QED) is 0.620. The first-order chi connectivity index (χ1) is 13.1. The van der Waals surface area contributed by atoms with Crippen LogP contribution in [0.2, 0.25) is 0 Å². The molecule has 1 saturated heterocycles. The Kier molecular flexibility index (Phi) is 8.43. The van der Waals surface area contributed by atoms with E-state index in [1.54, 1.807) is 37.3 Å². The van der Waals surface area contributed by atoms with Gasteiger partial charge < -0.3 is 19.3 Å². The lowest BCUT2D eigenvalue weighted by Gasteiger charge is -2.35. The predicted octanol–water partition coefficient (Wildman–Crippen LogP) is 3.35. The zero-order chi connectivity index (χ0) is 19.6. The second kappa shape index (κ2) is 10.8. The van der Waals surface area contributed by atoms with Crippen LogP contribution in [0.5, 0.6) is 11.5 Å². The summed E-state index contributed by atoms with van der Waals surface area (Å²) in [5.74, 6) is 1.32. The first-order valence-electron chi connectivity index (χ1n) is 9.89. The molecular weight excluding hydrogens is 344 g/mol. The Morgan fingerprint density at radius 3 is 2.15 bits per heavy atom. The molecule has 1 aliphatic rings. The van der Waals surface area contributed by atoms with Crippen LogP contribution in [-0.2, 0) is 4.79 Å². The van der Waals surface area contributed by atoms with E-state index >= 15 is 0 Å². The van der Waals surface area contributed by atoms with Gasteiger partial charge in [0.25, 0.3) is 5.91 Å². The van der Waals surface area contributed by atoms with Crippen LogP contribution >= 0.6 is 0 Å². The number of unbranched alkanes of at least 4 members (excludes halogenated alkanes) is 4. The molecule has 0 radical (unpaired) electrons. The highest BCUT2D eigenvalue weighted by Gasteiger charge is 2.25. The van der Waals surface area contributed by atoms with Gasteiger partial charge in [-0.25, -0.2) is 0 Å².